The first kappa shape index (κ1) is 17.8. The van der Waals surface area contributed by atoms with Crippen LogP contribution in [0.5, 0.6) is 0 Å². The Morgan fingerprint density at radius 3 is 2.69 bits per heavy atom. The average Bonchev–Trinajstić information content (AvgIpc) is 3.39. The Balaban J connectivity index is 1.72. The molecule has 0 fully saturated rings. The van der Waals surface area contributed by atoms with Crippen LogP contribution in [0.3, 0.4) is 0 Å². The molecule has 0 radical (unpaired) electrons. The fourth-order valence-electron chi connectivity index (χ4n) is 2.87. The van der Waals surface area contributed by atoms with E-state index in [9.17, 15) is 4.79 Å². The Hall–Kier alpha value is -3.00. The molecule has 8 heteroatoms. The number of rotatable bonds is 8. The molecule has 136 valence electrons. The number of amides is 1. The molecular formula is C18H22N6O2. The highest BCUT2D eigenvalue weighted by Crippen LogP contribution is 2.20. The van der Waals surface area contributed by atoms with Gasteiger partial charge in [-0.3, -0.25) is 14.3 Å². The van der Waals surface area contributed by atoms with Gasteiger partial charge in [0, 0.05) is 18.3 Å². The third kappa shape index (κ3) is 3.97. The molecule has 0 spiro atoms. The summed E-state index contributed by atoms with van der Waals surface area (Å²) < 4.78 is 7.22. The molecule has 0 aliphatic carbocycles. The number of furan rings is 1. The maximum atomic E-state index is 12.6. The number of hydrogen-bond acceptors (Lipinski definition) is 6. The van der Waals surface area contributed by atoms with E-state index >= 15 is 0 Å². The van der Waals surface area contributed by atoms with E-state index in [2.05, 4.69) is 39.2 Å². The second-order valence-corrected chi connectivity index (χ2v) is 5.73. The van der Waals surface area contributed by atoms with Gasteiger partial charge in [0.05, 0.1) is 12.3 Å². The number of carbonyl (C=O) groups is 1. The second kappa shape index (κ2) is 8.39. The monoisotopic (exact) mass is 354 g/mol. The van der Waals surface area contributed by atoms with Crippen molar-refractivity contribution in [1.29, 1.82) is 0 Å². The molecular weight excluding hydrogens is 332 g/mol. The molecule has 0 unspecified atom stereocenters. The van der Waals surface area contributed by atoms with Crippen LogP contribution in [0.2, 0.25) is 0 Å². The van der Waals surface area contributed by atoms with Crippen LogP contribution in [-0.2, 0) is 0 Å². The third-order valence-electron chi connectivity index (χ3n) is 4.27. The number of carbonyl (C=O) groups excluding carboxylic acids is 1. The maximum absolute atomic E-state index is 12.6. The van der Waals surface area contributed by atoms with Crippen molar-refractivity contribution in [2.45, 2.75) is 19.9 Å². The van der Waals surface area contributed by atoms with Crippen LogP contribution in [0, 0.1) is 0 Å². The SMILES string of the molecule is CCN(CC)[C@@H](CNC(=O)c1ccnc(-n2cnnc2)c1)c1ccco1. The molecule has 0 aliphatic heterocycles. The summed E-state index contributed by atoms with van der Waals surface area (Å²) in [4.78, 5) is 19.1. The number of aromatic nitrogens is 4. The predicted octanol–water partition coefficient (Wildman–Crippen LogP) is 2.07. The first-order valence-electron chi connectivity index (χ1n) is 8.59. The van der Waals surface area contributed by atoms with Crippen LogP contribution in [0.1, 0.15) is 36.0 Å². The lowest BCUT2D eigenvalue weighted by Gasteiger charge is -2.28. The summed E-state index contributed by atoms with van der Waals surface area (Å²) in [6.45, 7) is 6.37. The van der Waals surface area contributed by atoms with Gasteiger partial charge in [-0.25, -0.2) is 4.98 Å². The van der Waals surface area contributed by atoms with Crippen LogP contribution in [0.25, 0.3) is 5.82 Å². The molecule has 3 rings (SSSR count). The average molecular weight is 354 g/mol. The van der Waals surface area contributed by atoms with Gasteiger partial charge >= 0.3 is 0 Å². The molecule has 0 saturated carbocycles. The van der Waals surface area contributed by atoms with Crippen LogP contribution >= 0.6 is 0 Å². The highest BCUT2D eigenvalue weighted by molar-refractivity contribution is 5.94. The minimum absolute atomic E-state index is 0.0110. The molecule has 1 amide bonds. The minimum Gasteiger partial charge on any atom is -0.468 e. The van der Waals surface area contributed by atoms with E-state index in [0.717, 1.165) is 18.8 Å². The summed E-state index contributed by atoms with van der Waals surface area (Å²) in [7, 11) is 0. The standard InChI is InChI=1S/C18H22N6O2/c1-3-23(4-2)15(16-6-5-9-26-16)11-20-18(25)14-7-8-19-17(10-14)24-12-21-22-13-24/h5-10,12-13,15H,3-4,11H2,1-2H3,(H,20,25)/t15-/m0/s1. The Morgan fingerprint density at radius 1 is 1.27 bits per heavy atom. The van der Waals surface area contributed by atoms with Crippen molar-refractivity contribution < 1.29 is 9.21 Å². The van der Waals surface area contributed by atoms with E-state index in [0.29, 0.717) is 17.9 Å². The quantitative estimate of drug-likeness (QED) is 0.666. The molecule has 0 bridgehead atoms. The van der Waals surface area contributed by atoms with Gasteiger partial charge in [0.1, 0.15) is 24.2 Å². The van der Waals surface area contributed by atoms with E-state index in [-0.39, 0.29) is 11.9 Å². The van der Waals surface area contributed by atoms with Gasteiger partial charge in [0.25, 0.3) is 5.91 Å². The zero-order valence-corrected chi connectivity index (χ0v) is 14.9. The van der Waals surface area contributed by atoms with Gasteiger partial charge in [0.15, 0.2) is 0 Å². The molecule has 1 atom stereocenters. The van der Waals surface area contributed by atoms with Gasteiger partial charge < -0.3 is 9.73 Å². The van der Waals surface area contributed by atoms with Gasteiger partial charge in [-0.05, 0) is 37.4 Å². The Morgan fingerprint density at radius 2 is 2.04 bits per heavy atom. The molecule has 0 saturated heterocycles. The summed E-state index contributed by atoms with van der Waals surface area (Å²) >= 11 is 0. The number of likely N-dealkylation sites (N-methyl/N-ethyl adjacent to an activating group) is 1. The smallest absolute Gasteiger partial charge is 0.251 e. The lowest BCUT2D eigenvalue weighted by atomic mass is 10.1. The highest BCUT2D eigenvalue weighted by Gasteiger charge is 2.21. The summed E-state index contributed by atoms with van der Waals surface area (Å²) in [5, 5.41) is 10.5. The largest absolute Gasteiger partial charge is 0.468 e. The molecule has 0 aliphatic rings. The zero-order chi connectivity index (χ0) is 18.4. The lowest BCUT2D eigenvalue weighted by molar-refractivity contribution is 0.0929. The topological polar surface area (TPSA) is 89.1 Å². The van der Waals surface area contributed by atoms with E-state index in [1.54, 1.807) is 29.2 Å². The van der Waals surface area contributed by atoms with Crippen LogP contribution in [0.4, 0.5) is 0 Å². The predicted molar refractivity (Wildman–Crippen MR) is 95.9 cm³/mol. The Bertz CT molecular complexity index is 812. The van der Waals surface area contributed by atoms with Crippen molar-refractivity contribution >= 4 is 5.91 Å². The van der Waals surface area contributed by atoms with Gasteiger partial charge in [-0.2, -0.15) is 0 Å². The third-order valence-corrected chi connectivity index (χ3v) is 4.27. The van der Waals surface area contributed by atoms with Crippen LogP contribution in [0.15, 0.2) is 53.8 Å². The number of hydrogen-bond donors (Lipinski definition) is 1. The van der Waals surface area contributed by atoms with E-state index in [1.165, 1.54) is 12.7 Å². The number of pyridine rings is 1. The molecule has 0 aromatic carbocycles. The molecule has 1 N–H and O–H groups in total. The van der Waals surface area contributed by atoms with Crippen molar-refractivity contribution in [1.82, 2.24) is 30.0 Å². The maximum Gasteiger partial charge on any atom is 0.251 e. The summed E-state index contributed by atoms with van der Waals surface area (Å²) in [6, 6.07) is 7.18. The first-order chi connectivity index (χ1) is 12.7. The Labute approximate surface area is 151 Å². The van der Waals surface area contributed by atoms with Crippen molar-refractivity contribution in [2.75, 3.05) is 19.6 Å². The number of nitrogens with one attached hydrogen (secondary N) is 1. The van der Waals surface area contributed by atoms with E-state index in [4.69, 9.17) is 4.42 Å². The molecule has 3 heterocycles. The lowest BCUT2D eigenvalue weighted by Crippen LogP contribution is -2.38. The number of nitrogens with zero attached hydrogens (tertiary/aromatic N) is 5. The first-order valence-corrected chi connectivity index (χ1v) is 8.59. The zero-order valence-electron chi connectivity index (χ0n) is 14.9. The van der Waals surface area contributed by atoms with Crippen molar-refractivity contribution in [3.8, 4) is 5.82 Å². The normalized spacial score (nSPS) is 12.3. The van der Waals surface area contributed by atoms with Crippen LogP contribution < -0.4 is 5.32 Å². The van der Waals surface area contributed by atoms with E-state index < -0.39 is 0 Å². The van der Waals surface area contributed by atoms with Crippen LogP contribution in [-0.4, -0.2) is 50.2 Å². The summed E-state index contributed by atoms with van der Waals surface area (Å²) in [6.07, 6.45) is 6.33. The van der Waals surface area contributed by atoms with Crippen molar-refractivity contribution in [2.24, 2.45) is 0 Å². The van der Waals surface area contributed by atoms with Crippen molar-refractivity contribution in [3.05, 3.63) is 60.7 Å². The second-order valence-electron chi connectivity index (χ2n) is 5.73. The van der Waals surface area contributed by atoms with Gasteiger partial charge in [-0.1, -0.05) is 13.8 Å². The minimum atomic E-state index is -0.162. The Kier molecular flexibility index (Phi) is 5.75. The summed E-state index contributed by atoms with van der Waals surface area (Å²) in [5.41, 5.74) is 0.529. The van der Waals surface area contributed by atoms with E-state index in [1.807, 2.05) is 12.1 Å². The van der Waals surface area contributed by atoms with Gasteiger partial charge in [0.2, 0.25) is 0 Å². The van der Waals surface area contributed by atoms with Crippen molar-refractivity contribution in [3.63, 3.8) is 0 Å². The fraction of sp³-hybridized carbons (Fsp3) is 0.333. The fourth-order valence-corrected chi connectivity index (χ4v) is 2.87. The summed E-state index contributed by atoms with van der Waals surface area (Å²) in [5.74, 6) is 1.27. The molecule has 8 nitrogen and oxygen atoms in total. The molecule has 26 heavy (non-hydrogen) atoms. The highest BCUT2D eigenvalue weighted by atomic mass is 16.3. The molecule has 3 aromatic rings. The molecule has 3 aromatic heterocycles. The van der Waals surface area contributed by atoms with Gasteiger partial charge in [-0.15, -0.1) is 10.2 Å².